The molecule has 0 amide bonds. The summed E-state index contributed by atoms with van der Waals surface area (Å²) in [6.45, 7) is 1.95. The minimum Gasteiger partial charge on any atom is -0.464 e. The Balaban J connectivity index is 2.35. The Hall–Kier alpha value is -2.37. The molecule has 0 aliphatic heterocycles. The van der Waals surface area contributed by atoms with Gasteiger partial charge in [-0.1, -0.05) is 6.07 Å². The Bertz CT molecular complexity index is 550. The van der Waals surface area contributed by atoms with E-state index in [4.69, 9.17) is 5.73 Å². The van der Waals surface area contributed by atoms with Crippen molar-refractivity contribution in [3.63, 3.8) is 0 Å². The number of anilines is 1. The van der Waals surface area contributed by atoms with Gasteiger partial charge in [-0.3, -0.25) is 4.98 Å². The summed E-state index contributed by atoms with van der Waals surface area (Å²) in [6.07, 6.45) is 4.98. The van der Waals surface area contributed by atoms with Crippen LogP contribution in [0.5, 0.6) is 0 Å². The zero-order valence-corrected chi connectivity index (χ0v) is 10.2. The van der Waals surface area contributed by atoms with Crippen molar-refractivity contribution in [1.82, 2.24) is 14.5 Å². The standard InChI is InChI=1S/C12H14N4O2/c1-8(9-4-3-5-14-6-9)16-7-15-10(11(16)13)12(17)18-2/h3-8H,13H2,1-2H3. The number of hydrogen-bond acceptors (Lipinski definition) is 5. The first-order chi connectivity index (χ1) is 8.65. The summed E-state index contributed by atoms with van der Waals surface area (Å²) in [7, 11) is 1.30. The van der Waals surface area contributed by atoms with Crippen molar-refractivity contribution in [3.05, 3.63) is 42.1 Å². The molecule has 2 aromatic heterocycles. The molecule has 0 bridgehead atoms. The number of aromatic nitrogens is 3. The fourth-order valence-corrected chi connectivity index (χ4v) is 1.72. The van der Waals surface area contributed by atoms with Gasteiger partial charge < -0.3 is 15.0 Å². The minimum atomic E-state index is -0.537. The largest absolute Gasteiger partial charge is 0.464 e. The van der Waals surface area contributed by atoms with E-state index in [1.54, 1.807) is 17.0 Å². The summed E-state index contributed by atoms with van der Waals surface area (Å²) in [5.41, 5.74) is 7.01. The van der Waals surface area contributed by atoms with Gasteiger partial charge in [0.25, 0.3) is 0 Å². The molecule has 94 valence electrons. The molecule has 1 atom stereocenters. The quantitative estimate of drug-likeness (QED) is 0.824. The first kappa shape index (κ1) is 12.1. The number of hydrogen-bond donors (Lipinski definition) is 1. The van der Waals surface area contributed by atoms with Crippen molar-refractivity contribution >= 4 is 11.8 Å². The van der Waals surface area contributed by atoms with E-state index in [1.807, 2.05) is 19.1 Å². The lowest BCUT2D eigenvalue weighted by molar-refractivity contribution is 0.0596. The lowest BCUT2D eigenvalue weighted by Crippen LogP contribution is -2.12. The first-order valence-electron chi connectivity index (χ1n) is 5.45. The highest BCUT2D eigenvalue weighted by atomic mass is 16.5. The molecule has 0 saturated carbocycles. The van der Waals surface area contributed by atoms with Gasteiger partial charge >= 0.3 is 5.97 Å². The molecule has 0 radical (unpaired) electrons. The van der Waals surface area contributed by atoms with Crippen LogP contribution in [-0.2, 0) is 4.74 Å². The van der Waals surface area contributed by atoms with E-state index in [2.05, 4.69) is 14.7 Å². The zero-order chi connectivity index (χ0) is 13.1. The molecule has 0 saturated heterocycles. The maximum absolute atomic E-state index is 11.4. The second-order valence-electron chi connectivity index (χ2n) is 3.84. The zero-order valence-electron chi connectivity index (χ0n) is 10.2. The van der Waals surface area contributed by atoms with Crippen molar-refractivity contribution in [2.45, 2.75) is 13.0 Å². The Morgan fingerprint density at radius 2 is 2.33 bits per heavy atom. The van der Waals surface area contributed by atoms with Crippen LogP contribution in [0, 0.1) is 0 Å². The molecular weight excluding hydrogens is 232 g/mol. The van der Waals surface area contributed by atoms with Crippen LogP contribution >= 0.6 is 0 Å². The maximum Gasteiger partial charge on any atom is 0.360 e. The van der Waals surface area contributed by atoms with E-state index in [-0.39, 0.29) is 11.7 Å². The average molecular weight is 246 g/mol. The number of methoxy groups -OCH3 is 1. The van der Waals surface area contributed by atoms with E-state index < -0.39 is 5.97 Å². The van der Waals surface area contributed by atoms with Gasteiger partial charge in [0, 0.05) is 12.4 Å². The van der Waals surface area contributed by atoms with Crippen LogP contribution in [0.25, 0.3) is 0 Å². The second kappa shape index (κ2) is 4.87. The van der Waals surface area contributed by atoms with Crippen molar-refractivity contribution < 1.29 is 9.53 Å². The molecule has 0 aromatic carbocycles. The SMILES string of the molecule is COC(=O)c1ncn(C(C)c2cccnc2)c1N. The van der Waals surface area contributed by atoms with Gasteiger partial charge in [-0.25, -0.2) is 9.78 Å². The van der Waals surface area contributed by atoms with Crippen LogP contribution in [0.1, 0.15) is 29.0 Å². The number of nitrogens with zero attached hydrogens (tertiary/aromatic N) is 3. The Kier molecular flexibility index (Phi) is 3.27. The number of imidazole rings is 1. The molecule has 1 unspecified atom stereocenters. The lowest BCUT2D eigenvalue weighted by Gasteiger charge is -2.14. The van der Waals surface area contributed by atoms with E-state index in [0.29, 0.717) is 5.82 Å². The predicted octanol–water partition coefficient (Wildman–Crippen LogP) is 1.26. The number of pyridine rings is 1. The number of carbonyl (C=O) groups excluding carboxylic acids is 1. The summed E-state index contributed by atoms with van der Waals surface area (Å²) in [5, 5.41) is 0. The Labute approximate surface area is 104 Å². The normalized spacial score (nSPS) is 12.1. The molecule has 6 heteroatoms. The molecule has 0 aliphatic rings. The molecule has 2 heterocycles. The fourth-order valence-electron chi connectivity index (χ4n) is 1.72. The van der Waals surface area contributed by atoms with Crippen molar-refractivity contribution in [1.29, 1.82) is 0 Å². The van der Waals surface area contributed by atoms with Gasteiger partial charge in [0.2, 0.25) is 0 Å². The van der Waals surface area contributed by atoms with Crippen LogP contribution in [0.4, 0.5) is 5.82 Å². The summed E-state index contributed by atoms with van der Waals surface area (Å²) in [6, 6.07) is 3.74. The fraction of sp³-hybridized carbons (Fsp3) is 0.250. The molecule has 2 N–H and O–H groups in total. The third-order valence-electron chi connectivity index (χ3n) is 2.79. The van der Waals surface area contributed by atoms with Crippen LogP contribution in [0.2, 0.25) is 0 Å². The molecule has 2 aromatic rings. The van der Waals surface area contributed by atoms with Crippen LogP contribution < -0.4 is 5.73 Å². The topological polar surface area (TPSA) is 83.0 Å². The molecule has 2 rings (SSSR count). The number of ether oxygens (including phenoxy) is 1. The van der Waals surface area contributed by atoms with E-state index in [1.165, 1.54) is 13.4 Å². The van der Waals surface area contributed by atoms with Crippen LogP contribution in [0.3, 0.4) is 0 Å². The molecule has 0 fully saturated rings. The summed E-state index contributed by atoms with van der Waals surface area (Å²) < 4.78 is 6.32. The second-order valence-corrected chi connectivity index (χ2v) is 3.84. The van der Waals surface area contributed by atoms with Gasteiger partial charge in [-0.15, -0.1) is 0 Å². The van der Waals surface area contributed by atoms with Gasteiger partial charge in [0.1, 0.15) is 5.82 Å². The highest BCUT2D eigenvalue weighted by Gasteiger charge is 2.19. The highest BCUT2D eigenvalue weighted by Crippen LogP contribution is 2.22. The van der Waals surface area contributed by atoms with Gasteiger partial charge in [-0.2, -0.15) is 0 Å². The van der Waals surface area contributed by atoms with Crippen LogP contribution in [0.15, 0.2) is 30.9 Å². The summed E-state index contributed by atoms with van der Waals surface area (Å²) in [4.78, 5) is 19.4. The van der Waals surface area contributed by atoms with E-state index >= 15 is 0 Å². The van der Waals surface area contributed by atoms with Crippen molar-refractivity contribution in [2.75, 3.05) is 12.8 Å². The van der Waals surface area contributed by atoms with E-state index in [9.17, 15) is 4.79 Å². The van der Waals surface area contributed by atoms with Crippen molar-refractivity contribution in [3.8, 4) is 0 Å². The molecular formula is C12H14N4O2. The smallest absolute Gasteiger partial charge is 0.360 e. The monoisotopic (exact) mass is 246 g/mol. The Morgan fingerprint density at radius 1 is 1.56 bits per heavy atom. The summed E-state index contributed by atoms with van der Waals surface area (Å²) >= 11 is 0. The first-order valence-corrected chi connectivity index (χ1v) is 5.45. The number of nitrogens with two attached hydrogens (primary N) is 1. The predicted molar refractivity (Wildman–Crippen MR) is 66.0 cm³/mol. The number of carbonyl (C=O) groups is 1. The summed E-state index contributed by atoms with van der Waals surface area (Å²) in [5.74, 6) is -0.247. The molecule has 18 heavy (non-hydrogen) atoms. The third-order valence-corrected chi connectivity index (χ3v) is 2.79. The minimum absolute atomic E-state index is 0.0513. The number of esters is 1. The molecule has 0 spiro atoms. The lowest BCUT2D eigenvalue weighted by atomic mass is 10.1. The molecule has 0 aliphatic carbocycles. The number of nitrogen functional groups attached to an aromatic ring is 1. The van der Waals surface area contributed by atoms with Gasteiger partial charge in [-0.05, 0) is 18.6 Å². The number of rotatable bonds is 3. The Morgan fingerprint density at radius 3 is 2.94 bits per heavy atom. The highest BCUT2D eigenvalue weighted by molar-refractivity contribution is 5.92. The van der Waals surface area contributed by atoms with Gasteiger partial charge in [0.15, 0.2) is 5.69 Å². The third kappa shape index (κ3) is 2.04. The van der Waals surface area contributed by atoms with Crippen molar-refractivity contribution in [2.24, 2.45) is 0 Å². The maximum atomic E-state index is 11.4. The van der Waals surface area contributed by atoms with Crippen LogP contribution in [-0.4, -0.2) is 27.6 Å². The average Bonchev–Trinajstić information content (AvgIpc) is 2.80. The molecule has 6 nitrogen and oxygen atoms in total. The van der Waals surface area contributed by atoms with Gasteiger partial charge in [0.05, 0.1) is 19.5 Å². The van der Waals surface area contributed by atoms with E-state index in [0.717, 1.165) is 5.56 Å².